The lowest BCUT2D eigenvalue weighted by Crippen LogP contribution is -2.55. The Bertz CT molecular complexity index is 416. The highest BCUT2D eigenvalue weighted by atomic mass is 15.3. The van der Waals surface area contributed by atoms with Gasteiger partial charge in [0.15, 0.2) is 0 Å². The van der Waals surface area contributed by atoms with E-state index >= 15 is 0 Å². The molecular weight excluding hydrogens is 260 g/mol. The average molecular weight is 292 g/mol. The molecule has 0 bridgehead atoms. The molecule has 1 unspecified atom stereocenters. The van der Waals surface area contributed by atoms with Gasteiger partial charge in [0.05, 0.1) is 6.04 Å². The van der Waals surface area contributed by atoms with Gasteiger partial charge in [-0.15, -0.1) is 0 Å². The van der Waals surface area contributed by atoms with E-state index in [1.807, 2.05) is 6.20 Å². The number of aromatic nitrogens is 2. The van der Waals surface area contributed by atoms with Crippen LogP contribution in [-0.2, 0) is 6.54 Å². The van der Waals surface area contributed by atoms with E-state index in [-0.39, 0.29) is 5.54 Å². The smallest absolute Gasteiger partial charge is 0.127 e. The molecule has 1 saturated carbocycles. The second kappa shape index (κ2) is 7.41. The average Bonchev–Trinajstić information content (AvgIpc) is 3.16. The molecule has 1 fully saturated rings. The van der Waals surface area contributed by atoms with Crippen LogP contribution in [0.1, 0.15) is 65.2 Å². The van der Waals surface area contributed by atoms with Crippen LogP contribution in [0, 0.1) is 0 Å². The van der Waals surface area contributed by atoms with Crippen LogP contribution < -0.4 is 5.32 Å². The summed E-state index contributed by atoms with van der Waals surface area (Å²) < 4.78 is 2.30. The van der Waals surface area contributed by atoms with E-state index in [1.165, 1.54) is 31.5 Å². The van der Waals surface area contributed by atoms with E-state index in [0.717, 1.165) is 26.2 Å². The first-order chi connectivity index (χ1) is 10.2. The SMILES string of the molecule is CCNC(c1nccn1CC)C1(N(CC)CC)CCCC1. The van der Waals surface area contributed by atoms with Crippen molar-refractivity contribution in [3.63, 3.8) is 0 Å². The quantitative estimate of drug-likeness (QED) is 0.798. The van der Waals surface area contributed by atoms with Gasteiger partial charge >= 0.3 is 0 Å². The van der Waals surface area contributed by atoms with Crippen LogP contribution in [0.3, 0.4) is 0 Å². The molecule has 4 nitrogen and oxygen atoms in total. The lowest BCUT2D eigenvalue weighted by Gasteiger charge is -2.46. The summed E-state index contributed by atoms with van der Waals surface area (Å²) in [6.45, 7) is 13.2. The van der Waals surface area contributed by atoms with Crippen molar-refractivity contribution >= 4 is 0 Å². The normalized spacial score (nSPS) is 19.3. The van der Waals surface area contributed by atoms with Gasteiger partial charge in [-0.25, -0.2) is 4.98 Å². The predicted molar refractivity (Wildman–Crippen MR) is 88.4 cm³/mol. The highest BCUT2D eigenvalue weighted by Crippen LogP contribution is 2.44. The minimum absolute atomic E-state index is 0.234. The van der Waals surface area contributed by atoms with Crippen molar-refractivity contribution in [2.75, 3.05) is 19.6 Å². The molecule has 1 atom stereocenters. The third-order valence-electron chi connectivity index (χ3n) is 5.15. The van der Waals surface area contributed by atoms with Crippen molar-refractivity contribution in [1.82, 2.24) is 19.8 Å². The molecule has 21 heavy (non-hydrogen) atoms. The van der Waals surface area contributed by atoms with Crippen molar-refractivity contribution in [1.29, 1.82) is 0 Å². The Hall–Kier alpha value is -0.870. The Kier molecular flexibility index (Phi) is 5.82. The topological polar surface area (TPSA) is 33.1 Å². The van der Waals surface area contributed by atoms with Crippen LogP contribution in [0.4, 0.5) is 0 Å². The summed E-state index contributed by atoms with van der Waals surface area (Å²) >= 11 is 0. The fourth-order valence-corrected chi connectivity index (χ4v) is 4.20. The van der Waals surface area contributed by atoms with Gasteiger partial charge in [0, 0.05) is 24.5 Å². The van der Waals surface area contributed by atoms with Crippen LogP contribution in [0.2, 0.25) is 0 Å². The maximum atomic E-state index is 4.72. The Morgan fingerprint density at radius 2 is 1.90 bits per heavy atom. The molecule has 0 aliphatic heterocycles. The van der Waals surface area contributed by atoms with Crippen molar-refractivity contribution in [3.05, 3.63) is 18.2 Å². The van der Waals surface area contributed by atoms with Gasteiger partial charge in [-0.05, 0) is 39.4 Å². The number of likely N-dealkylation sites (N-methyl/N-ethyl adjacent to an activating group) is 2. The molecule has 4 heteroatoms. The predicted octanol–water partition coefficient (Wildman–Crippen LogP) is 3.21. The maximum absolute atomic E-state index is 4.72. The summed E-state index contributed by atoms with van der Waals surface area (Å²) in [6.07, 6.45) is 9.31. The summed E-state index contributed by atoms with van der Waals surface area (Å²) in [4.78, 5) is 7.39. The molecule has 1 aliphatic rings. The van der Waals surface area contributed by atoms with Gasteiger partial charge in [-0.3, -0.25) is 4.90 Å². The van der Waals surface area contributed by atoms with Crippen molar-refractivity contribution < 1.29 is 0 Å². The van der Waals surface area contributed by atoms with Crippen LogP contribution in [0.5, 0.6) is 0 Å². The number of aryl methyl sites for hydroxylation is 1. The fraction of sp³-hybridized carbons (Fsp3) is 0.824. The monoisotopic (exact) mass is 292 g/mol. The Morgan fingerprint density at radius 1 is 1.24 bits per heavy atom. The minimum atomic E-state index is 0.234. The van der Waals surface area contributed by atoms with Crippen LogP contribution in [-0.4, -0.2) is 39.6 Å². The van der Waals surface area contributed by atoms with Gasteiger partial charge < -0.3 is 9.88 Å². The van der Waals surface area contributed by atoms with Crippen molar-refractivity contribution in [2.45, 2.75) is 71.5 Å². The summed E-state index contributed by atoms with van der Waals surface area (Å²) in [5.74, 6) is 1.22. The second-order valence-corrected chi connectivity index (χ2v) is 6.05. The second-order valence-electron chi connectivity index (χ2n) is 6.05. The third kappa shape index (κ3) is 3.02. The molecule has 0 radical (unpaired) electrons. The van der Waals surface area contributed by atoms with Crippen molar-refractivity contribution in [3.8, 4) is 0 Å². The third-order valence-corrected chi connectivity index (χ3v) is 5.15. The first-order valence-electron chi connectivity index (χ1n) is 8.72. The summed E-state index contributed by atoms with van der Waals surface area (Å²) in [6, 6.07) is 0.333. The van der Waals surface area contributed by atoms with Crippen LogP contribution in [0.15, 0.2) is 12.4 Å². The number of nitrogens with one attached hydrogen (secondary N) is 1. The van der Waals surface area contributed by atoms with Crippen LogP contribution >= 0.6 is 0 Å². The fourth-order valence-electron chi connectivity index (χ4n) is 4.20. The highest BCUT2D eigenvalue weighted by molar-refractivity contribution is 5.13. The van der Waals surface area contributed by atoms with E-state index in [1.54, 1.807) is 0 Å². The van der Waals surface area contributed by atoms with Gasteiger partial charge in [0.2, 0.25) is 0 Å². The molecule has 0 amide bonds. The maximum Gasteiger partial charge on any atom is 0.127 e. The zero-order valence-electron chi connectivity index (χ0n) is 14.2. The Morgan fingerprint density at radius 3 is 2.43 bits per heavy atom. The lowest BCUT2D eigenvalue weighted by atomic mass is 9.85. The minimum Gasteiger partial charge on any atom is -0.334 e. The number of hydrogen-bond donors (Lipinski definition) is 1. The summed E-state index contributed by atoms with van der Waals surface area (Å²) in [5, 5.41) is 3.77. The highest BCUT2D eigenvalue weighted by Gasteiger charge is 2.46. The zero-order valence-corrected chi connectivity index (χ0v) is 14.2. The standard InChI is InChI=1S/C17H32N4/c1-5-18-15(16-19-13-14-20(16)6-2)17(11-9-10-12-17)21(7-3)8-4/h13-15,18H,5-12H2,1-4H3. The Balaban J connectivity index is 2.42. The largest absolute Gasteiger partial charge is 0.334 e. The molecule has 0 aromatic carbocycles. The first-order valence-corrected chi connectivity index (χ1v) is 8.72. The zero-order chi connectivity index (χ0) is 15.3. The first kappa shape index (κ1) is 16.5. The number of imidazole rings is 1. The number of hydrogen-bond acceptors (Lipinski definition) is 3. The Labute approximate surface area is 129 Å². The molecule has 1 aromatic heterocycles. The van der Waals surface area contributed by atoms with E-state index in [4.69, 9.17) is 4.98 Å². The van der Waals surface area contributed by atoms with Gasteiger partial charge in [-0.2, -0.15) is 0 Å². The van der Waals surface area contributed by atoms with Gasteiger partial charge in [0.1, 0.15) is 5.82 Å². The molecule has 1 aromatic rings. The summed E-state index contributed by atoms with van der Waals surface area (Å²) in [5.41, 5.74) is 0.234. The van der Waals surface area contributed by atoms with E-state index < -0.39 is 0 Å². The van der Waals surface area contributed by atoms with Gasteiger partial charge in [-0.1, -0.05) is 33.6 Å². The molecule has 1 heterocycles. The van der Waals surface area contributed by atoms with Crippen molar-refractivity contribution in [2.24, 2.45) is 0 Å². The molecule has 1 N–H and O–H groups in total. The molecule has 0 saturated heterocycles. The van der Waals surface area contributed by atoms with E-state index in [0.29, 0.717) is 6.04 Å². The molecule has 1 aliphatic carbocycles. The molecule has 0 spiro atoms. The van der Waals surface area contributed by atoms with E-state index in [9.17, 15) is 0 Å². The number of nitrogens with zero attached hydrogens (tertiary/aromatic N) is 3. The molecule has 120 valence electrons. The molecule has 2 rings (SSSR count). The summed E-state index contributed by atoms with van der Waals surface area (Å²) in [7, 11) is 0. The van der Waals surface area contributed by atoms with Gasteiger partial charge in [0.25, 0.3) is 0 Å². The van der Waals surface area contributed by atoms with E-state index in [2.05, 4.69) is 48.7 Å². The number of rotatable bonds is 8. The van der Waals surface area contributed by atoms with Crippen LogP contribution in [0.25, 0.3) is 0 Å². The molecular formula is C17H32N4. The lowest BCUT2D eigenvalue weighted by molar-refractivity contribution is 0.0587.